The third-order valence-corrected chi connectivity index (χ3v) is 1.89. The Morgan fingerprint density at radius 2 is 1.50 bits per heavy atom. The van der Waals surface area contributed by atoms with Crippen LogP contribution in [0, 0.1) is 10.8 Å². The number of carbonyl (C=O) groups excluding carboxylic acids is 2. The summed E-state index contributed by atoms with van der Waals surface area (Å²) in [6, 6.07) is 0. The van der Waals surface area contributed by atoms with E-state index in [1.165, 1.54) is 21.0 Å². The second-order valence-corrected chi connectivity index (χ2v) is 2.70. The summed E-state index contributed by atoms with van der Waals surface area (Å²) in [5, 5.41) is 1.73. The fourth-order valence-electron chi connectivity index (χ4n) is 1.04. The van der Waals surface area contributed by atoms with Crippen LogP contribution in [0.25, 0.3) is 0 Å². The number of hydrazine groups is 2. The summed E-state index contributed by atoms with van der Waals surface area (Å²) in [7, 11) is 2.66. The molecule has 0 unspecified atom stereocenters. The molecule has 1 aliphatic rings. The molecule has 0 aromatic carbocycles. The van der Waals surface area contributed by atoms with Crippen LogP contribution in [0.3, 0.4) is 0 Å². The highest BCUT2D eigenvalue weighted by molar-refractivity contribution is 5.99. The quantitative estimate of drug-likeness (QED) is 0.353. The van der Waals surface area contributed by atoms with Crippen LogP contribution in [0.1, 0.15) is 6.92 Å². The largest absolute Gasteiger partial charge is 0.297 e. The summed E-state index contributed by atoms with van der Waals surface area (Å²) >= 11 is 0. The minimum absolute atomic E-state index is 0.241. The maximum atomic E-state index is 11.1. The van der Waals surface area contributed by atoms with Crippen LogP contribution in [-0.2, 0) is 9.59 Å². The summed E-state index contributed by atoms with van der Waals surface area (Å²) in [4.78, 5) is 33.5. The lowest BCUT2D eigenvalue weighted by atomic mass is 10.1. The summed E-state index contributed by atoms with van der Waals surface area (Å²) in [5.41, 5.74) is 0. The SMILES string of the molecule is CC1C(=O)N(C)[N+](=O)N(C)C1=O. The highest BCUT2D eigenvalue weighted by Crippen LogP contribution is 2.12. The first kappa shape index (κ1) is 8.63. The van der Waals surface area contributed by atoms with Crippen molar-refractivity contribution in [3.63, 3.8) is 0 Å². The van der Waals surface area contributed by atoms with E-state index >= 15 is 0 Å². The molecule has 0 saturated carbocycles. The van der Waals surface area contributed by atoms with Crippen molar-refractivity contribution in [2.45, 2.75) is 6.92 Å². The molecule has 66 valence electrons. The highest BCUT2D eigenvalue weighted by atomic mass is 16.4. The number of hydrogen-bond acceptors (Lipinski definition) is 3. The molecule has 0 atom stereocenters. The van der Waals surface area contributed by atoms with Crippen molar-refractivity contribution in [1.82, 2.24) is 10.0 Å². The van der Waals surface area contributed by atoms with Crippen LogP contribution in [-0.4, -0.2) is 40.9 Å². The predicted octanol–water partition coefficient (Wildman–Crippen LogP) is -0.838. The Bertz CT molecular complexity index is 202. The maximum Gasteiger partial charge on any atom is 0.297 e. The van der Waals surface area contributed by atoms with Gasteiger partial charge in [-0.25, -0.2) is 0 Å². The van der Waals surface area contributed by atoms with E-state index in [1.54, 1.807) is 0 Å². The predicted molar refractivity (Wildman–Crippen MR) is 38.3 cm³/mol. The normalized spacial score (nSPS) is 20.8. The molecule has 0 aliphatic carbocycles. The lowest BCUT2D eigenvalue weighted by molar-refractivity contribution is -0.797. The van der Waals surface area contributed by atoms with Gasteiger partial charge in [-0.15, -0.1) is 0 Å². The van der Waals surface area contributed by atoms with Crippen molar-refractivity contribution in [3.05, 3.63) is 4.91 Å². The molecule has 1 heterocycles. The zero-order valence-electron chi connectivity index (χ0n) is 7.14. The number of nitroso groups, excluding NO2 is 1. The van der Waals surface area contributed by atoms with Crippen LogP contribution in [0.5, 0.6) is 0 Å². The molecule has 1 saturated heterocycles. The smallest absolute Gasteiger partial charge is 0.268 e. The van der Waals surface area contributed by atoms with Gasteiger partial charge in [0.1, 0.15) is 5.92 Å². The van der Waals surface area contributed by atoms with Gasteiger partial charge in [-0.2, -0.15) is 0 Å². The van der Waals surface area contributed by atoms with E-state index in [-0.39, 0.29) is 4.98 Å². The van der Waals surface area contributed by atoms with E-state index in [0.29, 0.717) is 0 Å². The van der Waals surface area contributed by atoms with Gasteiger partial charge in [-0.3, -0.25) is 9.59 Å². The molecule has 0 aromatic heterocycles. The van der Waals surface area contributed by atoms with Crippen molar-refractivity contribution in [2.75, 3.05) is 14.1 Å². The lowest BCUT2D eigenvalue weighted by Gasteiger charge is -2.21. The van der Waals surface area contributed by atoms with E-state index in [0.717, 1.165) is 10.0 Å². The number of hydrogen-bond donors (Lipinski definition) is 0. The lowest BCUT2D eigenvalue weighted by Crippen LogP contribution is -2.57. The van der Waals surface area contributed by atoms with E-state index in [2.05, 4.69) is 0 Å². The number of rotatable bonds is 0. The van der Waals surface area contributed by atoms with Crippen molar-refractivity contribution in [3.8, 4) is 0 Å². The monoisotopic (exact) mass is 172 g/mol. The van der Waals surface area contributed by atoms with Gasteiger partial charge in [-0.05, 0) is 16.9 Å². The van der Waals surface area contributed by atoms with Gasteiger partial charge in [0.15, 0.2) is 0 Å². The van der Waals surface area contributed by atoms with Gasteiger partial charge in [0.25, 0.3) is 16.8 Å². The molecule has 1 fully saturated rings. The van der Waals surface area contributed by atoms with Gasteiger partial charge in [0.2, 0.25) is 0 Å². The molecule has 6 heteroatoms. The van der Waals surface area contributed by atoms with Gasteiger partial charge >= 0.3 is 0 Å². The Morgan fingerprint density at radius 1 is 1.17 bits per heavy atom. The molecular formula is C6H10N3O3+. The van der Waals surface area contributed by atoms with Crippen molar-refractivity contribution >= 4 is 11.8 Å². The van der Waals surface area contributed by atoms with Gasteiger partial charge in [-0.1, -0.05) is 0 Å². The Kier molecular flexibility index (Phi) is 1.83. The zero-order valence-corrected chi connectivity index (χ0v) is 7.14. The van der Waals surface area contributed by atoms with E-state index in [1.807, 2.05) is 0 Å². The Hall–Kier alpha value is -1.46. The van der Waals surface area contributed by atoms with Crippen LogP contribution < -0.4 is 0 Å². The van der Waals surface area contributed by atoms with Gasteiger partial charge < -0.3 is 0 Å². The molecule has 0 spiro atoms. The first-order chi connectivity index (χ1) is 5.46. The molecule has 1 aliphatic heterocycles. The van der Waals surface area contributed by atoms with E-state index in [4.69, 9.17) is 0 Å². The van der Waals surface area contributed by atoms with Crippen molar-refractivity contribution in [1.29, 1.82) is 0 Å². The second-order valence-electron chi connectivity index (χ2n) is 2.70. The molecule has 1 rings (SSSR count). The number of amides is 2. The van der Waals surface area contributed by atoms with E-state index in [9.17, 15) is 14.5 Å². The summed E-state index contributed by atoms with van der Waals surface area (Å²) in [6.07, 6.45) is 0. The summed E-state index contributed by atoms with van der Waals surface area (Å²) < 4.78 is 0. The van der Waals surface area contributed by atoms with Crippen LogP contribution in [0.4, 0.5) is 0 Å². The summed E-state index contributed by atoms with van der Waals surface area (Å²) in [5.74, 6) is -1.72. The van der Waals surface area contributed by atoms with E-state index < -0.39 is 17.7 Å². The highest BCUT2D eigenvalue weighted by Gasteiger charge is 2.46. The van der Waals surface area contributed by atoms with Crippen molar-refractivity contribution in [2.24, 2.45) is 5.92 Å². The Labute approximate surface area is 69.2 Å². The first-order valence-corrected chi connectivity index (χ1v) is 3.49. The fraction of sp³-hybridized carbons (Fsp3) is 0.667. The molecule has 0 radical (unpaired) electrons. The van der Waals surface area contributed by atoms with Crippen LogP contribution in [0.15, 0.2) is 0 Å². The summed E-state index contributed by atoms with van der Waals surface area (Å²) in [6.45, 7) is 1.48. The average molecular weight is 172 g/mol. The minimum atomic E-state index is -0.759. The maximum absolute atomic E-state index is 11.1. The third-order valence-electron chi connectivity index (χ3n) is 1.89. The number of nitrogens with zero attached hydrogens (tertiary/aromatic N) is 3. The molecule has 0 N–H and O–H groups in total. The fourth-order valence-corrected chi connectivity index (χ4v) is 1.04. The van der Waals surface area contributed by atoms with Crippen molar-refractivity contribution < 1.29 is 14.6 Å². The van der Waals surface area contributed by atoms with Crippen LogP contribution in [0.2, 0.25) is 0 Å². The first-order valence-electron chi connectivity index (χ1n) is 3.49. The molecule has 6 nitrogen and oxygen atoms in total. The third kappa shape index (κ3) is 0.956. The minimum Gasteiger partial charge on any atom is -0.268 e. The topological polar surface area (TPSA) is 60.7 Å². The molecule has 12 heavy (non-hydrogen) atoms. The standard InChI is InChI=1S/C6H10N3O3/c1-4-5(10)7(2)9(12)8(3)6(4)11/h4H,1-3H3/q+1. The van der Waals surface area contributed by atoms with Crippen LogP contribution >= 0.6 is 0 Å². The Balaban J connectivity index is 2.99. The van der Waals surface area contributed by atoms with Gasteiger partial charge in [0, 0.05) is 0 Å². The molecule has 2 amide bonds. The number of carbonyl (C=O) groups is 2. The van der Waals surface area contributed by atoms with Gasteiger partial charge in [0.05, 0.1) is 19.0 Å². The molecular weight excluding hydrogens is 162 g/mol. The second kappa shape index (κ2) is 2.54. The molecule has 0 aromatic rings. The molecule has 0 bridgehead atoms. The zero-order chi connectivity index (χ0) is 9.46. The average Bonchev–Trinajstić information content (AvgIpc) is 2.08. The Morgan fingerprint density at radius 3 is 1.83 bits per heavy atom.